The van der Waals surface area contributed by atoms with Crippen molar-refractivity contribution in [3.05, 3.63) is 23.0 Å². The van der Waals surface area contributed by atoms with Gasteiger partial charge in [0, 0.05) is 36.5 Å². The van der Waals surface area contributed by atoms with Gasteiger partial charge in [-0.3, -0.25) is 14.4 Å². The second-order valence-corrected chi connectivity index (χ2v) is 16.2. The van der Waals surface area contributed by atoms with Gasteiger partial charge in [0.1, 0.15) is 35.8 Å². The second-order valence-electron chi connectivity index (χ2n) is 16.2. The monoisotopic (exact) mass is 664 g/mol. The van der Waals surface area contributed by atoms with Gasteiger partial charge >= 0.3 is 0 Å². The zero-order valence-corrected chi connectivity index (χ0v) is 28.4. The fraction of sp³-hybridized carbons (Fsp3) is 0.800. The molecule has 0 aromatic carbocycles. The van der Waals surface area contributed by atoms with Crippen molar-refractivity contribution in [2.45, 2.75) is 135 Å². The molecule has 264 valence electrons. The molecule has 47 heavy (non-hydrogen) atoms. The Kier molecular flexibility index (Phi) is 9.10. The highest BCUT2D eigenvalue weighted by Crippen LogP contribution is 2.73. The average molecular weight is 665 g/mol. The minimum absolute atomic E-state index is 0.0118. The molecule has 3 fully saturated rings. The first-order valence-corrected chi connectivity index (χ1v) is 16.7. The van der Waals surface area contributed by atoms with Gasteiger partial charge in [0.05, 0.1) is 18.3 Å². The van der Waals surface area contributed by atoms with E-state index >= 15 is 0 Å². The Bertz CT molecular complexity index is 1370. The Morgan fingerprint density at radius 1 is 1.02 bits per heavy atom. The van der Waals surface area contributed by atoms with E-state index in [1.165, 1.54) is 6.92 Å². The summed E-state index contributed by atoms with van der Waals surface area (Å²) in [6, 6.07) is 0. The van der Waals surface area contributed by atoms with Gasteiger partial charge in [-0.15, -0.1) is 0 Å². The standard InChI is InChI=1S/C35H52O12/c1-16-17-8-9-22-32(4)13-20(38)29(35(7,45)23(39)10-11-31(2,3)44)33(32,5)14-24(40)34(22,6)18(17)12-19(37)28(16)47-30-27(43)26(42)25(41)21(15-36)46-30/h8,18,20-22,25-27,29-30,36,38,41-45H,9-15H2,1-7H3/t18-,20-,21-,22+,25-,26+,27-,29+,30+,32+,33-,34+,35+/m1/s1. The van der Waals surface area contributed by atoms with Crippen LogP contribution in [-0.4, -0.2) is 108 Å². The lowest BCUT2D eigenvalue weighted by atomic mass is 9.39. The lowest BCUT2D eigenvalue weighted by Crippen LogP contribution is -2.64. The zero-order valence-electron chi connectivity index (χ0n) is 28.4. The minimum atomic E-state index is -1.95. The van der Waals surface area contributed by atoms with Gasteiger partial charge in [-0.25, -0.2) is 0 Å². The molecule has 4 aliphatic carbocycles. The summed E-state index contributed by atoms with van der Waals surface area (Å²) in [5, 5.41) is 74.0. The van der Waals surface area contributed by atoms with Crippen LogP contribution in [0, 0.1) is 34.0 Å². The van der Waals surface area contributed by atoms with Crippen molar-refractivity contribution in [2.24, 2.45) is 34.0 Å². The number of ketones is 3. The van der Waals surface area contributed by atoms with Crippen molar-refractivity contribution in [1.29, 1.82) is 0 Å². The molecule has 5 rings (SSSR count). The summed E-state index contributed by atoms with van der Waals surface area (Å²) in [6.07, 6.45) is -6.16. The first kappa shape index (κ1) is 36.3. The Morgan fingerprint density at radius 3 is 2.26 bits per heavy atom. The molecule has 0 unspecified atom stereocenters. The fourth-order valence-electron chi connectivity index (χ4n) is 10.1. The predicted octanol–water partition coefficient (Wildman–Crippen LogP) is 0.856. The molecule has 0 radical (unpaired) electrons. The predicted molar refractivity (Wildman–Crippen MR) is 166 cm³/mol. The molecule has 1 heterocycles. The molecular weight excluding hydrogens is 612 g/mol. The smallest absolute Gasteiger partial charge is 0.229 e. The molecule has 7 N–H and O–H groups in total. The van der Waals surface area contributed by atoms with Crippen LogP contribution in [0.2, 0.25) is 0 Å². The van der Waals surface area contributed by atoms with E-state index < -0.39 is 94.3 Å². The van der Waals surface area contributed by atoms with Gasteiger partial charge in [-0.2, -0.15) is 0 Å². The van der Waals surface area contributed by atoms with Gasteiger partial charge in [0.2, 0.25) is 6.29 Å². The number of carbonyl (C=O) groups excluding carboxylic acids is 3. The highest BCUT2D eigenvalue weighted by atomic mass is 16.7. The molecule has 0 aromatic rings. The van der Waals surface area contributed by atoms with Crippen LogP contribution in [0.5, 0.6) is 0 Å². The fourth-order valence-corrected chi connectivity index (χ4v) is 10.1. The SMILES string of the molecule is CC1=C(O[C@@H]2O[C@H](CO)[C@@H](O)[C@H](O)[C@H]2O)C(=O)C[C@@H]2C1=CC[C@@H]1[C@@]2(C)C(=O)C[C@]2(C)[C@@H]([C@@](C)(O)C(=O)CCC(C)(C)O)[C@H](O)C[C@@]12C. The average Bonchev–Trinajstić information content (AvgIpc) is 3.18. The first-order valence-electron chi connectivity index (χ1n) is 16.7. The summed E-state index contributed by atoms with van der Waals surface area (Å²) in [5.41, 5.74) is -4.53. The largest absolute Gasteiger partial charge is 0.458 e. The van der Waals surface area contributed by atoms with Gasteiger partial charge < -0.3 is 45.2 Å². The number of aliphatic hydroxyl groups is 7. The molecule has 0 aromatic heterocycles. The molecule has 5 aliphatic rings. The van der Waals surface area contributed by atoms with E-state index in [4.69, 9.17) is 9.47 Å². The first-order chi connectivity index (χ1) is 21.6. The van der Waals surface area contributed by atoms with Crippen molar-refractivity contribution in [2.75, 3.05) is 6.61 Å². The van der Waals surface area contributed by atoms with Crippen molar-refractivity contribution < 1.29 is 59.6 Å². The van der Waals surface area contributed by atoms with Gasteiger partial charge in [-0.1, -0.05) is 26.8 Å². The normalized spacial score (nSPS) is 45.1. The summed E-state index contributed by atoms with van der Waals surface area (Å²) >= 11 is 0. The number of aliphatic hydroxyl groups excluding tert-OH is 5. The number of hydrogen-bond acceptors (Lipinski definition) is 12. The molecule has 12 heteroatoms. The van der Waals surface area contributed by atoms with E-state index in [1.807, 2.05) is 26.8 Å². The number of allylic oxidation sites excluding steroid dienone is 4. The van der Waals surface area contributed by atoms with Crippen LogP contribution in [0.3, 0.4) is 0 Å². The Labute approximate surface area is 275 Å². The van der Waals surface area contributed by atoms with Crippen molar-refractivity contribution in [3.8, 4) is 0 Å². The molecule has 13 atom stereocenters. The van der Waals surface area contributed by atoms with Crippen molar-refractivity contribution in [1.82, 2.24) is 0 Å². The van der Waals surface area contributed by atoms with E-state index in [1.54, 1.807) is 20.8 Å². The zero-order chi connectivity index (χ0) is 35.2. The third-order valence-corrected chi connectivity index (χ3v) is 12.9. The molecule has 0 bridgehead atoms. The highest BCUT2D eigenvalue weighted by molar-refractivity contribution is 5.99. The van der Waals surface area contributed by atoms with Crippen molar-refractivity contribution in [3.63, 3.8) is 0 Å². The summed E-state index contributed by atoms with van der Waals surface area (Å²) in [5.74, 6) is -2.90. The molecular formula is C35H52O12. The number of Topliss-reactive ketones (excluding diaryl/α,β-unsaturated/α-hetero) is 3. The summed E-state index contributed by atoms with van der Waals surface area (Å²) in [6.45, 7) is 11.4. The van der Waals surface area contributed by atoms with Crippen LogP contribution in [0.15, 0.2) is 23.0 Å². The van der Waals surface area contributed by atoms with Crippen LogP contribution in [-0.2, 0) is 23.9 Å². The lowest BCUT2D eigenvalue weighted by molar-refractivity contribution is -0.291. The van der Waals surface area contributed by atoms with E-state index in [-0.39, 0.29) is 49.6 Å². The second kappa shape index (κ2) is 11.8. The summed E-state index contributed by atoms with van der Waals surface area (Å²) < 4.78 is 11.3. The van der Waals surface area contributed by atoms with E-state index in [0.29, 0.717) is 12.0 Å². The third-order valence-electron chi connectivity index (χ3n) is 12.9. The van der Waals surface area contributed by atoms with Gasteiger partial charge in [-0.05, 0) is 74.9 Å². The van der Waals surface area contributed by atoms with Crippen LogP contribution >= 0.6 is 0 Å². The van der Waals surface area contributed by atoms with Crippen LogP contribution in [0.4, 0.5) is 0 Å². The maximum absolute atomic E-state index is 14.5. The van der Waals surface area contributed by atoms with E-state index in [2.05, 4.69) is 0 Å². The number of rotatable bonds is 8. The molecule has 1 aliphatic heterocycles. The number of carbonyl (C=O) groups is 3. The number of ether oxygens (including phenoxy) is 2. The lowest BCUT2D eigenvalue weighted by Gasteiger charge is -2.63. The highest BCUT2D eigenvalue weighted by Gasteiger charge is 2.74. The molecule has 2 saturated carbocycles. The Hall–Kier alpha value is -2.03. The Morgan fingerprint density at radius 2 is 1.66 bits per heavy atom. The summed E-state index contributed by atoms with van der Waals surface area (Å²) in [7, 11) is 0. The maximum atomic E-state index is 14.5. The van der Waals surface area contributed by atoms with Gasteiger partial charge in [0.15, 0.2) is 17.3 Å². The quantitative estimate of drug-likeness (QED) is 0.193. The topological polar surface area (TPSA) is 211 Å². The molecule has 0 spiro atoms. The number of hydrogen-bond donors (Lipinski definition) is 7. The summed E-state index contributed by atoms with van der Waals surface area (Å²) in [4.78, 5) is 41.7. The minimum Gasteiger partial charge on any atom is -0.458 e. The molecule has 0 amide bonds. The third kappa shape index (κ3) is 5.38. The van der Waals surface area contributed by atoms with E-state index in [0.717, 1.165) is 5.57 Å². The van der Waals surface area contributed by atoms with E-state index in [9.17, 15) is 50.1 Å². The maximum Gasteiger partial charge on any atom is 0.229 e. The van der Waals surface area contributed by atoms with Crippen LogP contribution in [0.25, 0.3) is 0 Å². The molecule has 1 saturated heterocycles. The van der Waals surface area contributed by atoms with Gasteiger partial charge in [0.25, 0.3) is 0 Å². The van der Waals surface area contributed by atoms with Crippen LogP contribution < -0.4 is 0 Å². The van der Waals surface area contributed by atoms with Crippen molar-refractivity contribution >= 4 is 17.3 Å². The Balaban J connectivity index is 1.48. The molecule has 12 nitrogen and oxygen atoms in total. The van der Waals surface area contributed by atoms with Crippen LogP contribution in [0.1, 0.15) is 87.0 Å². The number of fused-ring (bicyclic) bond motifs is 5.